The molecule has 1 aromatic heterocycles. The minimum atomic E-state index is -0.173. The second-order valence-corrected chi connectivity index (χ2v) is 5.17. The quantitative estimate of drug-likeness (QED) is 0.883. The second kappa shape index (κ2) is 6.08. The fourth-order valence-electron chi connectivity index (χ4n) is 1.80. The summed E-state index contributed by atoms with van der Waals surface area (Å²) < 4.78 is 1.88. The molecular weight excluding hydrogens is 262 g/mol. The summed E-state index contributed by atoms with van der Waals surface area (Å²) in [5, 5.41) is 17.8. The van der Waals surface area contributed by atoms with Gasteiger partial charge < -0.3 is 10.4 Å². The van der Waals surface area contributed by atoms with Crippen LogP contribution in [-0.2, 0) is 0 Å². The van der Waals surface area contributed by atoms with E-state index < -0.39 is 0 Å². The lowest BCUT2D eigenvalue weighted by Gasteiger charge is -2.16. The predicted molar refractivity (Wildman–Crippen MR) is 77.5 cm³/mol. The van der Waals surface area contributed by atoms with Crippen molar-refractivity contribution in [3.8, 4) is 0 Å². The van der Waals surface area contributed by atoms with Crippen molar-refractivity contribution in [2.45, 2.75) is 25.9 Å². The molecule has 0 radical (unpaired) electrons. The molecular formula is C14H18ClN3O. The number of aromatic nitrogens is 2. The van der Waals surface area contributed by atoms with Crippen molar-refractivity contribution in [3.63, 3.8) is 0 Å². The van der Waals surface area contributed by atoms with Crippen LogP contribution in [0.2, 0.25) is 5.02 Å². The van der Waals surface area contributed by atoms with E-state index in [0.717, 1.165) is 11.3 Å². The minimum Gasteiger partial charge on any atom is -0.394 e. The lowest BCUT2D eigenvalue weighted by Crippen LogP contribution is -2.14. The molecule has 0 spiro atoms. The molecule has 0 saturated heterocycles. The average Bonchev–Trinajstić information content (AvgIpc) is 2.88. The Morgan fingerprint density at radius 3 is 2.53 bits per heavy atom. The molecule has 1 unspecified atom stereocenters. The summed E-state index contributed by atoms with van der Waals surface area (Å²) in [6.45, 7) is 4.14. The summed E-state index contributed by atoms with van der Waals surface area (Å²) >= 11 is 5.85. The Morgan fingerprint density at radius 1 is 1.32 bits per heavy atom. The molecule has 0 fully saturated rings. The van der Waals surface area contributed by atoms with Crippen molar-refractivity contribution in [2.24, 2.45) is 0 Å². The van der Waals surface area contributed by atoms with Gasteiger partial charge in [-0.1, -0.05) is 11.6 Å². The van der Waals surface area contributed by atoms with E-state index in [1.54, 1.807) is 6.20 Å². The molecule has 102 valence electrons. The normalized spacial score (nSPS) is 12.7. The van der Waals surface area contributed by atoms with Gasteiger partial charge in [-0.25, -0.2) is 0 Å². The molecule has 5 heteroatoms. The number of hydrogen-bond donors (Lipinski definition) is 2. The largest absolute Gasteiger partial charge is 0.394 e. The zero-order valence-electron chi connectivity index (χ0n) is 11.0. The third-order valence-electron chi connectivity index (χ3n) is 2.92. The van der Waals surface area contributed by atoms with E-state index in [1.807, 2.05) is 35.1 Å². The van der Waals surface area contributed by atoms with Crippen molar-refractivity contribution >= 4 is 17.3 Å². The fraction of sp³-hybridized carbons (Fsp3) is 0.357. The number of nitrogens with zero attached hydrogens (tertiary/aromatic N) is 2. The fourth-order valence-corrected chi connectivity index (χ4v) is 1.92. The molecule has 0 bridgehead atoms. The van der Waals surface area contributed by atoms with Gasteiger partial charge in [0.1, 0.15) is 0 Å². The van der Waals surface area contributed by atoms with Crippen LogP contribution < -0.4 is 5.32 Å². The van der Waals surface area contributed by atoms with Gasteiger partial charge in [0, 0.05) is 28.5 Å². The summed E-state index contributed by atoms with van der Waals surface area (Å²) in [6.07, 6.45) is 3.73. The Morgan fingerprint density at radius 2 is 2.00 bits per heavy atom. The number of aliphatic hydroxyl groups excluding tert-OH is 1. The minimum absolute atomic E-state index is 0.00636. The number of nitrogens with one attached hydrogen (secondary N) is 1. The van der Waals surface area contributed by atoms with E-state index >= 15 is 0 Å². The van der Waals surface area contributed by atoms with E-state index in [2.05, 4.69) is 24.3 Å². The lowest BCUT2D eigenvalue weighted by molar-refractivity contribution is 0.276. The maximum Gasteiger partial charge on any atom is 0.0775 e. The summed E-state index contributed by atoms with van der Waals surface area (Å²) in [5.74, 6) is 0. The Balaban J connectivity index is 2.12. The Bertz CT molecular complexity index is 522. The first-order chi connectivity index (χ1) is 9.10. The number of aliphatic hydroxyl groups is 1. The maximum absolute atomic E-state index is 9.52. The highest BCUT2D eigenvalue weighted by Crippen LogP contribution is 2.21. The molecule has 2 rings (SSSR count). The van der Waals surface area contributed by atoms with E-state index in [1.165, 1.54) is 0 Å². The molecule has 1 atom stereocenters. The SMILES string of the molecule is CC(C)n1cc(C(CO)Nc2ccc(Cl)cc2)cn1. The molecule has 4 nitrogen and oxygen atoms in total. The molecule has 19 heavy (non-hydrogen) atoms. The van der Waals surface area contributed by atoms with Gasteiger partial charge in [0.25, 0.3) is 0 Å². The van der Waals surface area contributed by atoms with Crippen LogP contribution in [-0.4, -0.2) is 21.5 Å². The molecule has 0 aliphatic carbocycles. The Kier molecular flexibility index (Phi) is 4.45. The van der Waals surface area contributed by atoms with Gasteiger partial charge in [0.15, 0.2) is 0 Å². The first-order valence-electron chi connectivity index (χ1n) is 6.27. The van der Waals surface area contributed by atoms with Crippen molar-refractivity contribution in [1.29, 1.82) is 0 Å². The van der Waals surface area contributed by atoms with Crippen LogP contribution in [0.5, 0.6) is 0 Å². The van der Waals surface area contributed by atoms with Gasteiger partial charge in [-0.15, -0.1) is 0 Å². The maximum atomic E-state index is 9.52. The highest BCUT2D eigenvalue weighted by molar-refractivity contribution is 6.30. The third-order valence-corrected chi connectivity index (χ3v) is 3.17. The zero-order chi connectivity index (χ0) is 13.8. The highest BCUT2D eigenvalue weighted by atomic mass is 35.5. The third kappa shape index (κ3) is 3.49. The number of anilines is 1. The zero-order valence-corrected chi connectivity index (χ0v) is 11.8. The van der Waals surface area contributed by atoms with Gasteiger partial charge in [-0.05, 0) is 38.1 Å². The van der Waals surface area contributed by atoms with Gasteiger partial charge in [-0.2, -0.15) is 5.10 Å². The van der Waals surface area contributed by atoms with Crippen LogP contribution >= 0.6 is 11.6 Å². The highest BCUT2D eigenvalue weighted by Gasteiger charge is 2.13. The van der Waals surface area contributed by atoms with Crippen molar-refractivity contribution in [3.05, 3.63) is 47.2 Å². The van der Waals surface area contributed by atoms with Crippen LogP contribution in [0.15, 0.2) is 36.7 Å². The molecule has 0 amide bonds. The van der Waals surface area contributed by atoms with E-state index in [9.17, 15) is 5.11 Å². The van der Waals surface area contributed by atoms with E-state index in [4.69, 9.17) is 11.6 Å². The topological polar surface area (TPSA) is 50.1 Å². The Hall–Kier alpha value is -1.52. The number of halogens is 1. The Labute approximate surface area is 118 Å². The molecule has 1 heterocycles. The summed E-state index contributed by atoms with van der Waals surface area (Å²) in [4.78, 5) is 0. The summed E-state index contributed by atoms with van der Waals surface area (Å²) in [6, 6.07) is 7.54. The first kappa shape index (κ1) is 13.9. The molecule has 0 aliphatic rings. The summed E-state index contributed by atoms with van der Waals surface area (Å²) in [7, 11) is 0. The number of hydrogen-bond acceptors (Lipinski definition) is 3. The monoisotopic (exact) mass is 279 g/mol. The lowest BCUT2D eigenvalue weighted by atomic mass is 10.1. The van der Waals surface area contributed by atoms with Gasteiger partial charge in [0.05, 0.1) is 18.8 Å². The van der Waals surface area contributed by atoms with Crippen LogP contribution in [0.1, 0.15) is 31.5 Å². The van der Waals surface area contributed by atoms with Crippen molar-refractivity contribution < 1.29 is 5.11 Å². The standard InChI is InChI=1S/C14H18ClN3O/c1-10(2)18-8-11(7-16-18)14(9-19)17-13-5-3-12(15)4-6-13/h3-8,10,14,17,19H,9H2,1-2H3. The predicted octanol–water partition coefficient (Wildman–Crippen LogP) is 3.26. The van der Waals surface area contributed by atoms with E-state index in [-0.39, 0.29) is 12.6 Å². The molecule has 2 aromatic rings. The van der Waals surface area contributed by atoms with Gasteiger partial charge in [-0.3, -0.25) is 4.68 Å². The van der Waals surface area contributed by atoms with Crippen molar-refractivity contribution in [2.75, 3.05) is 11.9 Å². The molecule has 0 aliphatic heterocycles. The molecule has 2 N–H and O–H groups in total. The molecule has 1 aromatic carbocycles. The smallest absolute Gasteiger partial charge is 0.0775 e. The summed E-state index contributed by atoms with van der Waals surface area (Å²) in [5.41, 5.74) is 1.88. The molecule has 0 saturated carbocycles. The van der Waals surface area contributed by atoms with Crippen LogP contribution in [0, 0.1) is 0 Å². The van der Waals surface area contributed by atoms with Crippen LogP contribution in [0.3, 0.4) is 0 Å². The second-order valence-electron chi connectivity index (χ2n) is 4.73. The number of benzene rings is 1. The van der Waals surface area contributed by atoms with Crippen LogP contribution in [0.25, 0.3) is 0 Å². The average molecular weight is 280 g/mol. The van der Waals surface area contributed by atoms with Gasteiger partial charge in [0.2, 0.25) is 0 Å². The van der Waals surface area contributed by atoms with Crippen molar-refractivity contribution in [1.82, 2.24) is 9.78 Å². The number of rotatable bonds is 5. The van der Waals surface area contributed by atoms with Gasteiger partial charge >= 0.3 is 0 Å². The first-order valence-corrected chi connectivity index (χ1v) is 6.65. The van der Waals surface area contributed by atoms with Crippen LogP contribution in [0.4, 0.5) is 5.69 Å². The van der Waals surface area contributed by atoms with E-state index in [0.29, 0.717) is 11.1 Å².